The zero-order valence-electron chi connectivity index (χ0n) is 7.70. The molecule has 0 saturated heterocycles. The fourth-order valence-corrected chi connectivity index (χ4v) is 1.60. The molecule has 2 rings (SSSR count). The fourth-order valence-electron chi connectivity index (χ4n) is 1.33. The van der Waals surface area contributed by atoms with Crippen molar-refractivity contribution in [1.29, 1.82) is 0 Å². The van der Waals surface area contributed by atoms with Gasteiger partial charge in [0.1, 0.15) is 17.2 Å². The summed E-state index contributed by atoms with van der Waals surface area (Å²) in [6.07, 6.45) is 3.85. The molecular formula is C10H9ClN2O. The van der Waals surface area contributed by atoms with E-state index in [4.69, 9.17) is 16.0 Å². The summed E-state index contributed by atoms with van der Waals surface area (Å²) in [5, 5.41) is 0.494. The fraction of sp³-hybridized carbons (Fsp3) is 0.200. The highest BCUT2D eigenvalue weighted by Crippen LogP contribution is 2.25. The number of hydrogen-bond donors (Lipinski definition) is 0. The second-order valence-corrected chi connectivity index (χ2v) is 3.18. The summed E-state index contributed by atoms with van der Waals surface area (Å²) < 4.78 is 5.27. The van der Waals surface area contributed by atoms with Gasteiger partial charge >= 0.3 is 0 Å². The van der Waals surface area contributed by atoms with Crippen molar-refractivity contribution in [2.45, 2.75) is 13.3 Å². The predicted octanol–water partition coefficient (Wildman–Crippen LogP) is 2.95. The number of halogens is 1. The number of aromatic nitrogens is 2. The second-order valence-electron chi connectivity index (χ2n) is 2.82. The van der Waals surface area contributed by atoms with Crippen molar-refractivity contribution in [3.05, 3.63) is 35.4 Å². The van der Waals surface area contributed by atoms with Gasteiger partial charge in [0, 0.05) is 5.56 Å². The molecule has 0 saturated carbocycles. The van der Waals surface area contributed by atoms with Crippen molar-refractivity contribution in [1.82, 2.24) is 9.97 Å². The molecule has 14 heavy (non-hydrogen) atoms. The lowest BCUT2D eigenvalue weighted by Gasteiger charge is -2.04. The van der Waals surface area contributed by atoms with Crippen LogP contribution >= 0.6 is 11.6 Å². The summed E-state index contributed by atoms with van der Waals surface area (Å²) in [4.78, 5) is 8.10. The van der Waals surface area contributed by atoms with Crippen LogP contribution in [0.25, 0.3) is 11.5 Å². The van der Waals surface area contributed by atoms with Gasteiger partial charge in [-0.1, -0.05) is 18.5 Å². The van der Waals surface area contributed by atoms with E-state index in [0.717, 1.165) is 23.4 Å². The van der Waals surface area contributed by atoms with Crippen LogP contribution in [0, 0.1) is 0 Å². The van der Waals surface area contributed by atoms with Crippen molar-refractivity contribution in [3.63, 3.8) is 0 Å². The van der Waals surface area contributed by atoms with Crippen molar-refractivity contribution >= 4 is 11.6 Å². The molecule has 72 valence electrons. The van der Waals surface area contributed by atoms with Crippen LogP contribution in [0.2, 0.25) is 5.15 Å². The summed E-state index contributed by atoms with van der Waals surface area (Å²) in [6.45, 7) is 2.01. The third-order valence-electron chi connectivity index (χ3n) is 2.00. The minimum absolute atomic E-state index is 0.494. The molecule has 2 aromatic heterocycles. The molecule has 3 nitrogen and oxygen atoms in total. The first-order valence-electron chi connectivity index (χ1n) is 4.36. The first-order valence-corrected chi connectivity index (χ1v) is 4.74. The van der Waals surface area contributed by atoms with Gasteiger partial charge in [0.25, 0.3) is 0 Å². The molecule has 0 amide bonds. The molecule has 0 radical (unpaired) electrons. The smallest absolute Gasteiger partial charge is 0.152 e. The van der Waals surface area contributed by atoms with Gasteiger partial charge in [-0.15, -0.1) is 0 Å². The molecule has 0 N–H and O–H groups in total. The van der Waals surface area contributed by atoms with Crippen molar-refractivity contribution in [2.75, 3.05) is 0 Å². The van der Waals surface area contributed by atoms with Crippen LogP contribution in [-0.4, -0.2) is 9.97 Å². The van der Waals surface area contributed by atoms with Gasteiger partial charge in [0.2, 0.25) is 0 Å². The lowest BCUT2D eigenvalue weighted by molar-refractivity contribution is 0.579. The number of hydrogen-bond acceptors (Lipinski definition) is 3. The normalized spacial score (nSPS) is 10.4. The highest BCUT2D eigenvalue weighted by molar-refractivity contribution is 6.30. The Morgan fingerprint density at radius 3 is 2.93 bits per heavy atom. The molecule has 0 spiro atoms. The second kappa shape index (κ2) is 3.80. The monoisotopic (exact) mass is 208 g/mol. The summed E-state index contributed by atoms with van der Waals surface area (Å²) in [6, 6.07) is 3.68. The molecule has 0 unspecified atom stereocenters. The van der Waals surface area contributed by atoms with E-state index >= 15 is 0 Å². The average Bonchev–Trinajstić information content (AvgIpc) is 2.70. The van der Waals surface area contributed by atoms with Crippen LogP contribution in [-0.2, 0) is 6.42 Å². The number of nitrogens with zero attached hydrogens (tertiary/aromatic N) is 2. The van der Waals surface area contributed by atoms with Crippen LogP contribution in [0.5, 0.6) is 0 Å². The van der Waals surface area contributed by atoms with Crippen LogP contribution in [0.1, 0.15) is 12.5 Å². The molecule has 0 aromatic carbocycles. The minimum Gasteiger partial charge on any atom is -0.463 e. The topological polar surface area (TPSA) is 38.9 Å². The number of rotatable bonds is 2. The van der Waals surface area contributed by atoms with E-state index in [1.807, 2.05) is 19.1 Å². The minimum atomic E-state index is 0.494. The lowest BCUT2D eigenvalue weighted by atomic mass is 10.1. The summed E-state index contributed by atoms with van der Waals surface area (Å²) in [5.41, 5.74) is 1.70. The van der Waals surface area contributed by atoms with Gasteiger partial charge in [0.15, 0.2) is 5.76 Å². The maximum Gasteiger partial charge on any atom is 0.152 e. The first kappa shape index (κ1) is 9.21. The largest absolute Gasteiger partial charge is 0.463 e. The highest BCUT2D eigenvalue weighted by atomic mass is 35.5. The average molecular weight is 209 g/mol. The Morgan fingerprint density at radius 1 is 1.43 bits per heavy atom. The van der Waals surface area contributed by atoms with E-state index in [1.54, 1.807) is 6.26 Å². The van der Waals surface area contributed by atoms with Crippen LogP contribution < -0.4 is 0 Å². The zero-order valence-corrected chi connectivity index (χ0v) is 8.45. The Morgan fingerprint density at radius 2 is 2.29 bits per heavy atom. The molecule has 0 aliphatic heterocycles. The van der Waals surface area contributed by atoms with Crippen LogP contribution in [0.15, 0.2) is 29.1 Å². The maximum absolute atomic E-state index is 5.95. The third kappa shape index (κ3) is 1.51. The molecule has 0 aliphatic rings. The Kier molecular flexibility index (Phi) is 2.50. The van der Waals surface area contributed by atoms with Crippen molar-refractivity contribution in [2.24, 2.45) is 0 Å². The quantitative estimate of drug-likeness (QED) is 0.713. The molecule has 0 aliphatic carbocycles. The Hall–Kier alpha value is -1.35. The Balaban J connectivity index is 2.58. The first-order chi connectivity index (χ1) is 6.83. The molecular weight excluding hydrogens is 200 g/mol. The summed E-state index contributed by atoms with van der Waals surface area (Å²) in [7, 11) is 0. The molecule has 2 aromatic rings. The van der Waals surface area contributed by atoms with Gasteiger partial charge in [-0.05, 0) is 18.6 Å². The standard InChI is InChI=1S/C10H9ClN2O/c1-2-7-9(8-4-3-5-14-8)12-6-13-10(7)11/h3-6H,2H2,1H3. The highest BCUT2D eigenvalue weighted by Gasteiger charge is 2.11. The zero-order chi connectivity index (χ0) is 9.97. The van der Waals surface area contributed by atoms with Gasteiger partial charge in [-0.3, -0.25) is 0 Å². The van der Waals surface area contributed by atoms with E-state index < -0.39 is 0 Å². The van der Waals surface area contributed by atoms with Gasteiger partial charge in [-0.2, -0.15) is 0 Å². The maximum atomic E-state index is 5.95. The van der Waals surface area contributed by atoms with Gasteiger partial charge in [-0.25, -0.2) is 9.97 Å². The van der Waals surface area contributed by atoms with E-state index in [9.17, 15) is 0 Å². The summed E-state index contributed by atoms with van der Waals surface area (Å²) in [5.74, 6) is 0.728. The van der Waals surface area contributed by atoms with E-state index in [1.165, 1.54) is 6.33 Å². The molecule has 4 heteroatoms. The van der Waals surface area contributed by atoms with Crippen molar-refractivity contribution in [3.8, 4) is 11.5 Å². The SMILES string of the molecule is CCc1c(Cl)ncnc1-c1ccco1. The molecule has 0 fully saturated rings. The molecule has 0 atom stereocenters. The van der Waals surface area contributed by atoms with Gasteiger partial charge in [0.05, 0.1) is 6.26 Å². The summed E-state index contributed by atoms with van der Waals surface area (Å²) >= 11 is 5.95. The Bertz CT molecular complexity index is 426. The predicted molar refractivity (Wildman–Crippen MR) is 54.1 cm³/mol. The molecule has 2 heterocycles. The third-order valence-corrected chi connectivity index (χ3v) is 2.33. The van der Waals surface area contributed by atoms with Crippen LogP contribution in [0.3, 0.4) is 0 Å². The van der Waals surface area contributed by atoms with E-state index in [0.29, 0.717) is 5.15 Å². The van der Waals surface area contributed by atoms with Gasteiger partial charge < -0.3 is 4.42 Å². The van der Waals surface area contributed by atoms with Crippen molar-refractivity contribution < 1.29 is 4.42 Å². The van der Waals surface area contributed by atoms with E-state index in [-0.39, 0.29) is 0 Å². The van der Waals surface area contributed by atoms with Crippen LogP contribution in [0.4, 0.5) is 0 Å². The molecule has 0 bridgehead atoms. The lowest BCUT2D eigenvalue weighted by Crippen LogP contribution is -1.94. The van der Waals surface area contributed by atoms with E-state index in [2.05, 4.69) is 9.97 Å². The Labute approximate surface area is 86.8 Å². The number of furan rings is 1.